The number of fused-ring (bicyclic) bond motifs is 1. The number of hydrogen-bond acceptors (Lipinski definition) is 3. The highest BCUT2D eigenvalue weighted by Gasteiger charge is 2.15. The molecule has 5 nitrogen and oxygen atoms in total. The Labute approximate surface area is 165 Å². The molecular weight excluding hydrogens is 433 g/mol. The quantitative estimate of drug-likeness (QED) is 0.410. The Kier molecular flexibility index (Phi) is 7.67. The van der Waals surface area contributed by atoms with Crippen molar-refractivity contribution in [3.63, 3.8) is 0 Å². The molecule has 2 aromatic rings. The molecule has 0 saturated carbocycles. The van der Waals surface area contributed by atoms with E-state index < -0.39 is 0 Å². The molecule has 1 unspecified atom stereocenters. The lowest BCUT2D eigenvalue weighted by molar-refractivity contribution is 0.723. The molecule has 1 fully saturated rings. The average Bonchev–Trinajstić information content (AvgIpc) is 3.20. The molecule has 3 rings (SSSR count). The molecule has 24 heavy (non-hydrogen) atoms. The summed E-state index contributed by atoms with van der Waals surface area (Å²) in [5, 5.41) is 7.54. The molecule has 1 saturated heterocycles. The normalized spacial score (nSPS) is 17.8. The van der Waals surface area contributed by atoms with Crippen molar-refractivity contribution in [2.24, 2.45) is 4.99 Å². The second-order valence-corrected chi connectivity index (χ2v) is 7.33. The van der Waals surface area contributed by atoms with Crippen molar-refractivity contribution >= 4 is 47.3 Å². The predicted octanol–water partition coefficient (Wildman–Crippen LogP) is 2.86. The van der Waals surface area contributed by atoms with Crippen LogP contribution in [-0.2, 0) is 6.42 Å². The van der Waals surface area contributed by atoms with Gasteiger partial charge in [0.25, 0.3) is 0 Å². The van der Waals surface area contributed by atoms with Crippen LogP contribution < -0.4 is 10.6 Å². The van der Waals surface area contributed by atoms with E-state index in [-0.39, 0.29) is 24.0 Å². The van der Waals surface area contributed by atoms with Crippen molar-refractivity contribution in [3.8, 4) is 0 Å². The van der Waals surface area contributed by atoms with E-state index in [2.05, 4.69) is 57.0 Å². The fourth-order valence-electron chi connectivity index (χ4n) is 2.87. The summed E-state index contributed by atoms with van der Waals surface area (Å²) in [6.07, 6.45) is 7.70. The Balaban J connectivity index is 0.00000208. The van der Waals surface area contributed by atoms with Crippen LogP contribution in [0.1, 0.15) is 24.1 Å². The van der Waals surface area contributed by atoms with E-state index in [4.69, 9.17) is 4.98 Å². The monoisotopic (exact) mass is 459 g/mol. The first kappa shape index (κ1) is 19.4. The summed E-state index contributed by atoms with van der Waals surface area (Å²) < 4.78 is 2.09. The fourth-order valence-corrected chi connectivity index (χ4v) is 4.07. The standard InChI is InChI=1S/C17H25N5S.HI/c1-13-5-3-9-22-12-14(21-16(13)22)7-8-19-17(18-2)20-11-15-6-4-10-23-15;/h3,5,9,12,15H,4,6-8,10-11H2,1-2H3,(H2,18,19,20);1H. The molecule has 1 atom stereocenters. The first-order chi connectivity index (χ1) is 11.3. The van der Waals surface area contributed by atoms with Crippen molar-refractivity contribution in [2.45, 2.75) is 31.4 Å². The Bertz CT molecular complexity index is 679. The van der Waals surface area contributed by atoms with Crippen LogP contribution in [0.5, 0.6) is 0 Å². The van der Waals surface area contributed by atoms with E-state index in [1.807, 2.05) is 13.2 Å². The van der Waals surface area contributed by atoms with Gasteiger partial charge in [-0.05, 0) is 37.1 Å². The van der Waals surface area contributed by atoms with Crippen LogP contribution in [0.25, 0.3) is 5.65 Å². The van der Waals surface area contributed by atoms with Crippen LogP contribution in [-0.4, -0.2) is 46.5 Å². The maximum atomic E-state index is 4.70. The molecular formula is C17H26IN5S. The molecule has 0 amide bonds. The van der Waals surface area contributed by atoms with Gasteiger partial charge >= 0.3 is 0 Å². The Morgan fingerprint density at radius 3 is 3.04 bits per heavy atom. The maximum absolute atomic E-state index is 4.70. The van der Waals surface area contributed by atoms with Gasteiger partial charge in [0.15, 0.2) is 5.96 Å². The van der Waals surface area contributed by atoms with E-state index in [0.29, 0.717) is 0 Å². The number of thioether (sulfide) groups is 1. The number of aliphatic imine (C=N–C) groups is 1. The third-order valence-corrected chi connectivity index (χ3v) is 5.54. The molecule has 0 aliphatic carbocycles. The first-order valence-electron chi connectivity index (χ1n) is 8.25. The summed E-state index contributed by atoms with van der Waals surface area (Å²) in [5.74, 6) is 2.18. The van der Waals surface area contributed by atoms with Gasteiger partial charge in [-0.15, -0.1) is 24.0 Å². The van der Waals surface area contributed by atoms with Crippen molar-refractivity contribution < 1.29 is 0 Å². The number of halogens is 1. The zero-order valence-corrected chi connectivity index (χ0v) is 17.4. The molecule has 7 heteroatoms. The number of pyridine rings is 1. The lowest BCUT2D eigenvalue weighted by Crippen LogP contribution is -2.40. The largest absolute Gasteiger partial charge is 0.356 e. The molecule has 0 bridgehead atoms. The third kappa shape index (κ3) is 5.02. The van der Waals surface area contributed by atoms with Gasteiger partial charge in [-0.1, -0.05) is 6.07 Å². The number of hydrogen-bond donors (Lipinski definition) is 2. The van der Waals surface area contributed by atoms with Gasteiger partial charge < -0.3 is 15.0 Å². The number of imidazole rings is 1. The third-order valence-electron chi connectivity index (χ3n) is 4.15. The average molecular weight is 459 g/mol. The number of rotatable bonds is 5. The highest BCUT2D eigenvalue weighted by atomic mass is 127. The summed E-state index contributed by atoms with van der Waals surface area (Å²) in [4.78, 5) is 9.00. The molecule has 2 N–H and O–H groups in total. The summed E-state index contributed by atoms with van der Waals surface area (Å²) in [5.41, 5.74) is 3.36. The Hall–Kier alpha value is -0.960. The van der Waals surface area contributed by atoms with Crippen LogP contribution >= 0.6 is 35.7 Å². The second kappa shape index (κ2) is 9.50. The van der Waals surface area contributed by atoms with Gasteiger partial charge in [0.2, 0.25) is 0 Å². The maximum Gasteiger partial charge on any atom is 0.191 e. The van der Waals surface area contributed by atoms with E-state index in [1.54, 1.807) is 0 Å². The van der Waals surface area contributed by atoms with Crippen molar-refractivity contribution in [2.75, 3.05) is 25.9 Å². The molecule has 0 radical (unpaired) electrons. The predicted molar refractivity (Wildman–Crippen MR) is 114 cm³/mol. The lowest BCUT2D eigenvalue weighted by Gasteiger charge is -2.14. The fraction of sp³-hybridized carbons (Fsp3) is 0.529. The SMILES string of the molecule is CN=C(NCCc1cn2cccc(C)c2n1)NCC1CCCS1.I. The van der Waals surface area contributed by atoms with Crippen molar-refractivity contribution in [1.29, 1.82) is 0 Å². The highest BCUT2D eigenvalue weighted by molar-refractivity contribution is 14.0. The number of aromatic nitrogens is 2. The smallest absolute Gasteiger partial charge is 0.191 e. The number of nitrogens with zero attached hydrogens (tertiary/aromatic N) is 3. The lowest BCUT2D eigenvalue weighted by atomic mass is 10.2. The molecule has 132 valence electrons. The minimum atomic E-state index is 0. The Morgan fingerprint density at radius 2 is 2.33 bits per heavy atom. The van der Waals surface area contributed by atoms with Gasteiger partial charge in [0, 0.05) is 44.2 Å². The molecule has 2 aromatic heterocycles. The van der Waals surface area contributed by atoms with Crippen LogP contribution in [0.15, 0.2) is 29.5 Å². The Morgan fingerprint density at radius 1 is 1.46 bits per heavy atom. The molecule has 1 aliphatic heterocycles. The van der Waals surface area contributed by atoms with Crippen LogP contribution in [0.3, 0.4) is 0 Å². The topological polar surface area (TPSA) is 53.7 Å². The van der Waals surface area contributed by atoms with Crippen LogP contribution in [0.4, 0.5) is 0 Å². The first-order valence-corrected chi connectivity index (χ1v) is 9.30. The van der Waals surface area contributed by atoms with E-state index in [1.165, 1.54) is 24.2 Å². The minimum Gasteiger partial charge on any atom is -0.356 e. The molecule has 3 heterocycles. The molecule has 0 spiro atoms. The van der Waals surface area contributed by atoms with Crippen molar-refractivity contribution in [1.82, 2.24) is 20.0 Å². The molecule has 0 aromatic carbocycles. The van der Waals surface area contributed by atoms with Gasteiger partial charge in [0.05, 0.1) is 5.69 Å². The van der Waals surface area contributed by atoms with Crippen molar-refractivity contribution in [3.05, 3.63) is 35.8 Å². The zero-order chi connectivity index (χ0) is 16.1. The van der Waals surface area contributed by atoms with Gasteiger partial charge in [-0.25, -0.2) is 4.98 Å². The number of nitrogens with one attached hydrogen (secondary N) is 2. The van der Waals surface area contributed by atoms with E-state index in [0.717, 1.165) is 42.1 Å². The van der Waals surface area contributed by atoms with Gasteiger partial charge in [0.1, 0.15) is 5.65 Å². The number of aryl methyl sites for hydroxylation is 1. The summed E-state index contributed by atoms with van der Waals surface area (Å²) in [6, 6.07) is 4.15. The molecule has 1 aliphatic rings. The minimum absolute atomic E-state index is 0. The van der Waals surface area contributed by atoms with E-state index >= 15 is 0 Å². The number of guanidine groups is 1. The van der Waals surface area contributed by atoms with Crippen LogP contribution in [0, 0.1) is 6.92 Å². The van der Waals surface area contributed by atoms with E-state index in [9.17, 15) is 0 Å². The summed E-state index contributed by atoms with van der Waals surface area (Å²) >= 11 is 2.06. The zero-order valence-electron chi connectivity index (χ0n) is 14.3. The van der Waals surface area contributed by atoms with Gasteiger partial charge in [-0.2, -0.15) is 11.8 Å². The van der Waals surface area contributed by atoms with Crippen LogP contribution in [0.2, 0.25) is 0 Å². The second-order valence-electron chi connectivity index (χ2n) is 5.92. The summed E-state index contributed by atoms with van der Waals surface area (Å²) in [7, 11) is 1.82. The summed E-state index contributed by atoms with van der Waals surface area (Å²) in [6.45, 7) is 3.93. The highest BCUT2D eigenvalue weighted by Crippen LogP contribution is 2.25. The van der Waals surface area contributed by atoms with Gasteiger partial charge in [-0.3, -0.25) is 4.99 Å².